The fourth-order valence-corrected chi connectivity index (χ4v) is 10.0. The molecule has 0 aromatic heterocycles. The van der Waals surface area contributed by atoms with Gasteiger partial charge in [-0.1, -0.05) is 50.3 Å². The number of nitrogens with zero attached hydrogens (tertiary/aromatic N) is 1. The van der Waals surface area contributed by atoms with Crippen LogP contribution in [0.15, 0.2) is 30.3 Å². The van der Waals surface area contributed by atoms with E-state index in [0.717, 1.165) is 25.7 Å². The molecule has 1 aromatic carbocycles. The molecule has 1 aromatic rings. The minimum Gasteiger partial charge on any atom is -0.389 e. The van der Waals surface area contributed by atoms with Crippen LogP contribution in [0.4, 0.5) is 0 Å². The summed E-state index contributed by atoms with van der Waals surface area (Å²) in [4.78, 5) is 0. The summed E-state index contributed by atoms with van der Waals surface area (Å²) in [7, 11) is -3.49. The third-order valence-corrected chi connectivity index (χ3v) is 11.7. The summed E-state index contributed by atoms with van der Waals surface area (Å²) < 4.78 is 29.1. The van der Waals surface area contributed by atoms with Gasteiger partial charge in [-0.05, 0) is 67.5 Å². The molecule has 3 fully saturated rings. The monoisotopic (exact) mass is 444 g/mol. The molecule has 1 heterocycles. The van der Waals surface area contributed by atoms with E-state index in [1.54, 1.807) is 4.31 Å². The van der Waals surface area contributed by atoms with Crippen LogP contribution in [0.5, 0.6) is 0 Å². The summed E-state index contributed by atoms with van der Waals surface area (Å²) in [5.41, 5.74) is 6.62. The van der Waals surface area contributed by atoms with Gasteiger partial charge in [0.15, 0.2) is 0 Å². The molecule has 2 saturated carbocycles. The molecular formula is C25H36N2O3S. The second-order valence-corrected chi connectivity index (χ2v) is 13.0. The second kappa shape index (κ2) is 6.89. The van der Waals surface area contributed by atoms with Gasteiger partial charge in [-0.3, -0.25) is 0 Å². The molecule has 31 heavy (non-hydrogen) atoms. The minimum absolute atomic E-state index is 0.0354. The molecule has 3 N–H and O–H groups in total. The summed E-state index contributed by atoms with van der Waals surface area (Å²) in [6.45, 7) is 5.80. The van der Waals surface area contributed by atoms with Crippen molar-refractivity contribution in [1.82, 2.24) is 4.31 Å². The lowest BCUT2D eigenvalue weighted by Crippen LogP contribution is -2.56. The number of benzene rings is 1. The molecule has 3 aliphatic carbocycles. The highest BCUT2D eigenvalue weighted by Crippen LogP contribution is 2.71. The van der Waals surface area contributed by atoms with Gasteiger partial charge in [0.1, 0.15) is 0 Å². The zero-order valence-corrected chi connectivity index (χ0v) is 19.6. The summed E-state index contributed by atoms with van der Waals surface area (Å²) in [6.07, 6.45) is 9.02. The molecule has 1 saturated heterocycles. The quantitative estimate of drug-likeness (QED) is 0.730. The normalized spacial score (nSPS) is 35.7. The van der Waals surface area contributed by atoms with Crippen molar-refractivity contribution >= 4 is 16.1 Å². The van der Waals surface area contributed by atoms with Crippen LogP contribution in [0.1, 0.15) is 63.5 Å². The average molecular weight is 445 g/mol. The number of fused-ring (bicyclic) bond motifs is 4. The fourth-order valence-electron chi connectivity index (χ4n) is 7.70. The molecule has 5 nitrogen and oxygen atoms in total. The molecule has 3 atom stereocenters. The van der Waals surface area contributed by atoms with Crippen LogP contribution in [-0.4, -0.2) is 48.8 Å². The number of aliphatic hydroxyl groups is 1. The number of nitrogens with two attached hydrogens (primary N) is 1. The second-order valence-electron chi connectivity index (χ2n) is 11.0. The van der Waals surface area contributed by atoms with Crippen LogP contribution in [-0.2, 0) is 15.4 Å². The molecule has 5 rings (SSSR count). The summed E-state index contributed by atoms with van der Waals surface area (Å²) >= 11 is 0. The standard InChI is InChI=1S/C25H36N2O3S/c1-22(2)20-8-10-24(22,25(28,17-20)11-14-26)18-31(29,30)27-15-12-23(13-16-27)9-7-19-5-3-4-6-21(19)23/h3-7,9,20,28H,8,10-18,26H2,1-2H3. The van der Waals surface area contributed by atoms with Crippen LogP contribution >= 0.6 is 0 Å². The van der Waals surface area contributed by atoms with E-state index in [9.17, 15) is 13.5 Å². The molecule has 0 amide bonds. The molecule has 2 bridgehead atoms. The van der Waals surface area contributed by atoms with E-state index >= 15 is 0 Å². The molecule has 1 aliphatic heterocycles. The maximum atomic E-state index is 13.7. The lowest BCUT2D eigenvalue weighted by Gasteiger charge is -2.49. The Morgan fingerprint density at radius 3 is 2.55 bits per heavy atom. The molecule has 3 unspecified atom stereocenters. The maximum absolute atomic E-state index is 13.7. The van der Waals surface area contributed by atoms with Gasteiger partial charge < -0.3 is 10.8 Å². The van der Waals surface area contributed by atoms with E-state index in [2.05, 4.69) is 50.3 Å². The first-order valence-corrected chi connectivity index (χ1v) is 13.4. The SMILES string of the molecule is CC1(C)C2CCC1(CS(=O)(=O)N1CCC3(C=Cc4ccccc43)CC1)C(O)(CCN)C2. The molecule has 1 spiro atoms. The largest absolute Gasteiger partial charge is 0.389 e. The van der Waals surface area contributed by atoms with E-state index < -0.39 is 21.0 Å². The zero-order chi connectivity index (χ0) is 22.1. The van der Waals surface area contributed by atoms with Gasteiger partial charge in [-0.2, -0.15) is 0 Å². The van der Waals surface area contributed by atoms with Crippen molar-refractivity contribution < 1.29 is 13.5 Å². The van der Waals surface area contributed by atoms with Gasteiger partial charge >= 0.3 is 0 Å². The van der Waals surface area contributed by atoms with Crippen LogP contribution in [0.2, 0.25) is 0 Å². The fraction of sp³-hybridized carbons (Fsp3) is 0.680. The number of sulfonamides is 1. The van der Waals surface area contributed by atoms with Gasteiger partial charge in [0.05, 0.1) is 11.4 Å². The van der Waals surface area contributed by atoms with Crippen LogP contribution in [0, 0.1) is 16.7 Å². The zero-order valence-electron chi connectivity index (χ0n) is 18.8. The Morgan fingerprint density at radius 1 is 1.16 bits per heavy atom. The topological polar surface area (TPSA) is 83.6 Å². The van der Waals surface area contributed by atoms with Crippen molar-refractivity contribution in [3.8, 4) is 0 Å². The van der Waals surface area contributed by atoms with E-state index in [1.807, 2.05) is 0 Å². The number of hydrogen-bond acceptors (Lipinski definition) is 4. The van der Waals surface area contributed by atoms with Crippen LogP contribution < -0.4 is 5.73 Å². The van der Waals surface area contributed by atoms with Gasteiger partial charge in [-0.15, -0.1) is 0 Å². The molecule has 170 valence electrons. The highest BCUT2D eigenvalue weighted by Gasteiger charge is 2.71. The highest BCUT2D eigenvalue weighted by atomic mass is 32.2. The number of piperidine rings is 1. The van der Waals surface area contributed by atoms with E-state index in [4.69, 9.17) is 5.73 Å². The molecule has 0 radical (unpaired) electrons. The third kappa shape index (κ3) is 2.87. The average Bonchev–Trinajstić information content (AvgIpc) is 3.24. The lowest BCUT2D eigenvalue weighted by atomic mass is 9.63. The first-order valence-electron chi connectivity index (χ1n) is 11.8. The maximum Gasteiger partial charge on any atom is 0.214 e. The minimum atomic E-state index is -3.49. The van der Waals surface area contributed by atoms with Crippen molar-refractivity contribution in [2.75, 3.05) is 25.4 Å². The van der Waals surface area contributed by atoms with Gasteiger partial charge in [0.25, 0.3) is 0 Å². The van der Waals surface area contributed by atoms with Crippen molar-refractivity contribution in [3.63, 3.8) is 0 Å². The molecule has 6 heteroatoms. The highest BCUT2D eigenvalue weighted by molar-refractivity contribution is 7.89. The van der Waals surface area contributed by atoms with Crippen molar-refractivity contribution in [1.29, 1.82) is 0 Å². The number of rotatable bonds is 5. The third-order valence-electron chi connectivity index (χ3n) is 9.72. The number of allylic oxidation sites excluding steroid dienone is 1. The van der Waals surface area contributed by atoms with E-state index in [0.29, 0.717) is 38.4 Å². The van der Waals surface area contributed by atoms with Crippen molar-refractivity contribution in [2.45, 2.75) is 63.4 Å². The summed E-state index contributed by atoms with van der Waals surface area (Å²) in [5, 5.41) is 11.6. The summed E-state index contributed by atoms with van der Waals surface area (Å²) in [5.74, 6) is 0.406. The Balaban J connectivity index is 1.38. The first-order chi connectivity index (χ1) is 14.6. The Hall–Kier alpha value is -1.21. The Bertz CT molecular complexity index is 1010. The predicted octanol–water partition coefficient (Wildman–Crippen LogP) is 3.28. The van der Waals surface area contributed by atoms with E-state index in [1.165, 1.54) is 11.1 Å². The molecular weight excluding hydrogens is 408 g/mol. The van der Waals surface area contributed by atoms with E-state index in [-0.39, 0.29) is 16.6 Å². The van der Waals surface area contributed by atoms with Gasteiger partial charge in [-0.25, -0.2) is 12.7 Å². The Labute approximate surface area is 186 Å². The number of hydrogen-bond donors (Lipinski definition) is 2. The van der Waals surface area contributed by atoms with Crippen LogP contribution in [0.3, 0.4) is 0 Å². The van der Waals surface area contributed by atoms with Crippen LogP contribution in [0.25, 0.3) is 6.08 Å². The first kappa shape index (κ1) is 21.6. The summed E-state index contributed by atoms with van der Waals surface area (Å²) in [6, 6.07) is 8.46. The molecule has 4 aliphatic rings. The smallest absolute Gasteiger partial charge is 0.214 e. The van der Waals surface area contributed by atoms with Gasteiger partial charge in [0.2, 0.25) is 10.0 Å². The predicted molar refractivity (Wildman–Crippen MR) is 124 cm³/mol. The Morgan fingerprint density at radius 2 is 1.87 bits per heavy atom. The Kier molecular flexibility index (Phi) is 4.81. The van der Waals surface area contributed by atoms with Crippen molar-refractivity contribution in [3.05, 3.63) is 41.5 Å². The van der Waals surface area contributed by atoms with Crippen molar-refractivity contribution in [2.24, 2.45) is 22.5 Å². The van der Waals surface area contributed by atoms with Gasteiger partial charge in [0, 0.05) is 23.9 Å². The lowest BCUT2D eigenvalue weighted by molar-refractivity contribution is -0.0911.